The number of H-pyrrole nitrogens is 1. The zero-order valence-electron chi connectivity index (χ0n) is 11.9. The molecule has 8 heteroatoms. The van der Waals surface area contributed by atoms with Gasteiger partial charge in [0.2, 0.25) is 0 Å². The van der Waals surface area contributed by atoms with Crippen LogP contribution in [0.5, 0.6) is 0 Å². The van der Waals surface area contributed by atoms with Gasteiger partial charge in [0.05, 0.1) is 6.20 Å². The molecule has 2 rings (SSSR count). The summed E-state index contributed by atoms with van der Waals surface area (Å²) in [6.07, 6.45) is 5.81. The maximum Gasteiger partial charge on any atom is 0.262 e. The van der Waals surface area contributed by atoms with E-state index in [1.165, 1.54) is 11.4 Å². The topological polar surface area (TPSA) is 83.9 Å². The van der Waals surface area contributed by atoms with Crippen LogP contribution in [-0.4, -0.2) is 39.5 Å². The van der Waals surface area contributed by atoms with Gasteiger partial charge in [-0.15, -0.1) is 0 Å². The van der Waals surface area contributed by atoms with E-state index in [0.717, 1.165) is 18.5 Å². The lowest BCUT2D eigenvalue weighted by molar-refractivity contribution is 0.464. The molecule has 0 aliphatic heterocycles. The summed E-state index contributed by atoms with van der Waals surface area (Å²) in [5.41, 5.74) is 0.806. The Balaban J connectivity index is 2.23. The van der Waals surface area contributed by atoms with E-state index in [2.05, 4.69) is 15.2 Å². The Bertz CT molecular complexity index is 660. The minimum atomic E-state index is -3.58. The summed E-state index contributed by atoms with van der Waals surface area (Å²) in [7, 11) is -2.04. The first-order valence-electron chi connectivity index (χ1n) is 6.43. The molecule has 0 unspecified atom stereocenters. The molecule has 0 atom stereocenters. The van der Waals surface area contributed by atoms with Crippen LogP contribution in [-0.2, 0) is 23.1 Å². The predicted molar refractivity (Wildman–Crippen MR) is 74.5 cm³/mol. The molecule has 0 saturated heterocycles. The van der Waals surface area contributed by atoms with E-state index in [9.17, 15) is 8.42 Å². The van der Waals surface area contributed by atoms with Crippen LogP contribution in [0.3, 0.4) is 0 Å². The number of hydrogen-bond donors (Lipinski definition) is 1. The molecule has 0 amide bonds. The van der Waals surface area contributed by atoms with Crippen LogP contribution in [0.4, 0.5) is 0 Å². The van der Waals surface area contributed by atoms with Crippen molar-refractivity contribution in [2.75, 3.05) is 7.05 Å². The Hall–Kier alpha value is -1.67. The van der Waals surface area contributed by atoms with Crippen LogP contribution in [0, 0.1) is 6.92 Å². The van der Waals surface area contributed by atoms with Crippen LogP contribution in [0.15, 0.2) is 23.6 Å². The monoisotopic (exact) mass is 297 g/mol. The van der Waals surface area contributed by atoms with Crippen LogP contribution in [0.1, 0.15) is 24.7 Å². The number of aromatic nitrogens is 4. The van der Waals surface area contributed by atoms with Crippen molar-refractivity contribution in [1.82, 2.24) is 24.1 Å². The van der Waals surface area contributed by atoms with Crippen LogP contribution >= 0.6 is 0 Å². The summed E-state index contributed by atoms with van der Waals surface area (Å²) < 4.78 is 28.0. The lowest BCUT2D eigenvalue weighted by Crippen LogP contribution is -2.26. The number of hydrogen-bond acceptors (Lipinski definition) is 4. The van der Waals surface area contributed by atoms with Crippen LogP contribution < -0.4 is 0 Å². The van der Waals surface area contributed by atoms with E-state index in [4.69, 9.17) is 0 Å². The van der Waals surface area contributed by atoms with Crippen molar-refractivity contribution in [3.05, 3.63) is 30.0 Å². The highest BCUT2D eigenvalue weighted by Gasteiger charge is 2.24. The highest BCUT2D eigenvalue weighted by molar-refractivity contribution is 7.89. The first-order chi connectivity index (χ1) is 9.45. The van der Waals surface area contributed by atoms with E-state index in [-0.39, 0.29) is 11.6 Å². The normalized spacial score (nSPS) is 12.2. The van der Waals surface area contributed by atoms with Crippen molar-refractivity contribution in [3.63, 3.8) is 0 Å². The fourth-order valence-corrected chi connectivity index (χ4v) is 3.08. The minimum Gasteiger partial charge on any atom is -0.334 e. The van der Waals surface area contributed by atoms with Gasteiger partial charge in [0, 0.05) is 38.1 Å². The van der Waals surface area contributed by atoms with Gasteiger partial charge in [-0.05, 0) is 13.3 Å². The third kappa shape index (κ3) is 2.91. The lowest BCUT2D eigenvalue weighted by atomic mass is 10.4. The molecule has 1 N–H and O–H groups in total. The molecule has 0 aromatic carbocycles. The maximum atomic E-state index is 12.4. The fourth-order valence-electron chi connectivity index (χ4n) is 1.94. The third-order valence-corrected chi connectivity index (χ3v) is 4.73. The van der Waals surface area contributed by atoms with E-state index in [0.29, 0.717) is 5.82 Å². The molecule has 0 bridgehead atoms. The largest absolute Gasteiger partial charge is 0.334 e. The first-order valence-corrected chi connectivity index (χ1v) is 7.87. The number of nitrogens with zero attached hydrogens (tertiary/aromatic N) is 4. The highest BCUT2D eigenvalue weighted by atomic mass is 32.2. The molecule has 2 aromatic rings. The third-order valence-electron chi connectivity index (χ3n) is 3.05. The van der Waals surface area contributed by atoms with Crippen molar-refractivity contribution in [1.29, 1.82) is 0 Å². The average Bonchev–Trinajstić information content (AvgIpc) is 3.01. The molecule has 0 spiro atoms. The average molecular weight is 297 g/mol. The standard InChI is InChI=1S/C12H19N5O2S/c1-4-5-17-9-12(15-10(17)2)20(18,19)16(3)8-11-6-13-14-7-11/h6-7,9H,4-5,8H2,1-3H3,(H,13,14). The molecule has 110 valence electrons. The van der Waals surface area contributed by atoms with Gasteiger partial charge < -0.3 is 4.57 Å². The Labute approximate surface area is 118 Å². The molecule has 0 saturated carbocycles. The van der Waals surface area contributed by atoms with Gasteiger partial charge in [-0.1, -0.05) is 6.92 Å². The van der Waals surface area contributed by atoms with E-state index < -0.39 is 10.0 Å². The molecule has 20 heavy (non-hydrogen) atoms. The van der Waals surface area contributed by atoms with Crippen molar-refractivity contribution < 1.29 is 8.42 Å². The van der Waals surface area contributed by atoms with E-state index in [1.807, 2.05) is 18.4 Å². The molecule has 2 heterocycles. The maximum absolute atomic E-state index is 12.4. The lowest BCUT2D eigenvalue weighted by Gasteiger charge is -2.14. The molecule has 0 radical (unpaired) electrons. The molecular formula is C12H19N5O2S. The number of aryl methyl sites for hydroxylation is 2. The fraction of sp³-hybridized carbons (Fsp3) is 0.500. The highest BCUT2D eigenvalue weighted by Crippen LogP contribution is 2.16. The summed E-state index contributed by atoms with van der Waals surface area (Å²) in [6, 6.07) is 0. The number of nitrogens with one attached hydrogen (secondary N) is 1. The van der Waals surface area contributed by atoms with Crippen molar-refractivity contribution in [2.45, 2.75) is 38.4 Å². The van der Waals surface area contributed by atoms with E-state index >= 15 is 0 Å². The number of rotatable bonds is 6. The molecule has 0 fully saturated rings. The van der Waals surface area contributed by atoms with Gasteiger partial charge >= 0.3 is 0 Å². The summed E-state index contributed by atoms with van der Waals surface area (Å²) in [4.78, 5) is 4.16. The van der Waals surface area contributed by atoms with Crippen LogP contribution in [0.25, 0.3) is 0 Å². The Morgan fingerprint density at radius 3 is 2.80 bits per heavy atom. The molecule has 2 aromatic heterocycles. The number of imidazole rings is 1. The van der Waals surface area contributed by atoms with Gasteiger partial charge in [0.15, 0.2) is 5.03 Å². The molecule has 7 nitrogen and oxygen atoms in total. The number of aromatic amines is 1. The van der Waals surface area contributed by atoms with Gasteiger partial charge in [-0.3, -0.25) is 5.10 Å². The second-order valence-corrected chi connectivity index (χ2v) is 6.68. The smallest absolute Gasteiger partial charge is 0.262 e. The van der Waals surface area contributed by atoms with Crippen molar-refractivity contribution in [3.8, 4) is 0 Å². The minimum absolute atomic E-state index is 0.0921. The van der Waals surface area contributed by atoms with Crippen LogP contribution in [0.2, 0.25) is 0 Å². The molecular weight excluding hydrogens is 278 g/mol. The Morgan fingerprint density at radius 2 is 2.20 bits per heavy atom. The quantitative estimate of drug-likeness (QED) is 0.866. The van der Waals surface area contributed by atoms with Gasteiger partial charge in [-0.25, -0.2) is 13.4 Å². The summed E-state index contributed by atoms with van der Waals surface area (Å²) in [5, 5.41) is 6.56. The van der Waals surface area contributed by atoms with Gasteiger partial charge in [0.1, 0.15) is 5.82 Å². The van der Waals surface area contributed by atoms with Crippen molar-refractivity contribution in [2.24, 2.45) is 0 Å². The molecule has 0 aliphatic carbocycles. The predicted octanol–water partition coefficient (Wildman–Crippen LogP) is 1.15. The molecule has 0 aliphatic rings. The summed E-state index contributed by atoms with van der Waals surface area (Å²) >= 11 is 0. The van der Waals surface area contributed by atoms with E-state index in [1.54, 1.807) is 18.6 Å². The zero-order chi connectivity index (χ0) is 14.8. The summed E-state index contributed by atoms with van der Waals surface area (Å²) in [5.74, 6) is 0.710. The second kappa shape index (κ2) is 5.76. The SMILES string of the molecule is CCCn1cc(S(=O)(=O)N(C)Cc2cn[nH]c2)nc1C. The number of sulfonamides is 1. The Morgan fingerprint density at radius 1 is 1.45 bits per heavy atom. The van der Waals surface area contributed by atoms with Gasteiger partial charge in [0.25, 0.3) is 10.0 Å². The van der Waals surface area contributed by atoms with Crippen molar-refractivity contribution >= 4 is 10.0 Å². The first kappa shape index (κ1) is 14.7. The zero-order valence-corrected chi connectivity index (χ0v) is 12.7. The van der Waals surface area contributed by atoms with Gasteiger partial charge in [-0.2, -0.15) is 9.40 Å². The Kier molecular flexibility index (Phi) is 4.24. The summed E-state index contributed by atoms with van der Waals surface area (Å²) in [6.45, 7) is 4.88. The second-order valence-electron chi connectivity index (χ2n) is 4.69.